The molecule has 1 aromatic carbocycles. The Kier molecular flexibility index (Phi) is 6.53. The van der Waals surface area contributed by atoms with Crippen molar-refractivity contribution in [3.63, 3.8) is 0 Å². The zero-order valence-corrected chi connectivity index (χ0v) is 14.5. The van der Waals surface area contributed by atoms with Gasteiger partial charge in [-0.05, 0) is 18.2 Å². The van der Waals surface area contributed by atoms with Gasteiger partial charge in [0.15, 0.2) is 0 Å². The molecule has 0 aliphatic heterocycles. The molecule has 9 heteroatoms. The summed E-state index contributed by atoms with van der Waals surface area (Å²) >= 11 is 7.23. The Hall–Kier alpha value is -2.16. The number of nitrogens with two attached hydrogens (primary N) is 1. The third-order valence-corrected chi connectivity index (χ3v) is 4.14. The van der Waals surface area contributed by atoms with E-state index in [2.05, 4.69) is 15.6 Å². The smallest absolute Gasteiger partial charge is 0.270 e. The fraction of sp³-hybridized carbons (Fsp3) is 0.267. The summed E-state index contributed by atoms with van der Waals surface area (Å²) in [4.78, 5) is 27.9. The highest BCUT2D eigenvalue weighted by Gasteiger charge is 2.12. The van der Waals surface area contributed by atoms with E-state index in [9.17, 15) is 9.59 Å². The number of nitrogens with zero attached hydrogens (tertiary/aromatic N) is 1. The van der Waals surface area contributed by atoms with Crippen molar-refractivity contribution < 1.29 is 14.3 Å². The summed E-state index contributed by atoms with van der Waals surface area (Å²) in [5.74, 6) is -0.0931. The van der Waals surface area contributed by atoms with Crippen LogP contribution in [0, 0.1) is 0 Å². The zero-order valence-electron chi connectivity index (χ0n) is 13.0. The van der Waals surface area contributed by atoms with Gasteiger partial charge >= 0.3 is 0 Å². The van der Waals surface area contributed by atoms with Crippen molar-refractivity contribution in [3.05, 3.63) is 39.3 Å². The molecule has 0 fully saturated rings. The minimum absolute atomic E-state index is 0.106. The van der Waals surface area contributed by atoms with Crippen molar-refractivity contribution in [2.24, 2.45) is 5.73 Å². The van der Waals surface area contributed by atoms with Crippen LogP contribution in [0.1, 0.15) is 21.9 Å². The predicted octanol–water partition coefficient (Wildman–Crippen LogP) is 2.02. The Morgan fingerprint density at radius 1 is 1.42 bits per heavy atom. The molecule has 0 bridgehead atoms. The molecule has 0 spiro atoms. The van der Waals surface area contributed by atoms with Crippen LogP contribution in [-0.2, 0) is 11.3 Å². The van der Waals surface area contributed by atoms with Gasteiger partial charge in [-0.1, -0.05) is 11.6 Å². The molecular weight excluding hydrogens is 352 g/mol. The van der Waals surface area contributed by atoms with Crippen LogP contribution in [-0.4, -0.2) is 30.5 Å². The van der Waals surface area contributed by atoms with Crippen LogP contribution in [0.3, 0.4) is 0 Å². The number of methoxy groups -OCH3 is 1. The fourth-order valence-electron chi connectivity index (χ4n) is 1.88. The molecule has 24 heavy (non-hydrogen) atoms. The highest BCUT2D eigenvalue weighted by Crippen LogP contribution is 2.27. The first kappa shape index (κ1) is 18.2. The van der Waals surface area contributed by atoms with Crippen LogP contribution in [0.25, 0.3) is 0 Å². The van der Waals surface area contributed by atoms with Gasteiger partial charge < -0.3 is 21.1 Å². The molecule has 2 aromatic rings. The Morgan fingerprint density at radius 3 is 2.88 bits per heavy atom. The molecule has 7 nitrogen and oxygen atoms in total. The molecule has 0 atom stereocenters. The first-order valence-corrected chi connectivity index (χ1v) is 8.35. The molecule has 1 heterocycles. The number of nitrogens with one attached hydrogen (secondary N) is 2. The quantitative estimate of drug-likeness (QED) is 0.693. The van der Waals surface area contributed by atoms with Crippen molar-refractivity contribution in [2.45, 2.75) is 13.0 Å². The maximum absolute atomic E-state index is 12.0. The summed E-state index contributed by atoms with van der Waals surface area (Å²) in [6, 6.07) is 4.93. The standard InChI is InChI=1S/C15H17ClN4O3S/c1-23-12-3-2-9(16)6-10(12)19-13(21)4-5-18-15(22)11-8-24-14(7-17)20-11/h2-3,6,8H,4-5,7,17H2,1H3,(H,18,22)(H,19,21). The molecule has 128 valence electrons. The highest BCUT2D eigenvalue weighted by atomic mass is 35.5. The minimum Gasteiger partial charge on any atom is -0.495 e. The molecule has 0 aliphatic carbocycles. The third-order valence-electron chi connectivity index (χ3n) is 3.03. The van der Waals surface area contributed by atoms with E-state index in [0.717, 1.165) is 0 Å². The predicted molar refractivity (Wildman–Crippen MR) is 93.6 cm³/mol. The molecule has 2 rings (SSSR count). The van der Waals surface area contributed by atoms with Crippen LogP contribution >= 0.6 is 22.9 Å². The molecule has 1 aromatic heterocycles. The number of amides is 2. The number of benzene rings is 1. The van der Waals surface area contributed by atoms with E-state index < -0.39 is 0 Å². The zero-order chi connectivity index (χ0) is 17.5. The van der Waals surface area contributed by atoms with Crippen molar-refractivity contribution in [3.8, 4) is 5.75 Å². The molecule has 0 saturated heterocycles. The lowest BCUT2D eigenvalue weighted by molar-refractivity contribution is -0.116. The van der Waals surface area contributed by atoms with Gasteiger partial charge in [-0.15, -0.1) is 11.3 Å². The number of hydrogen-bond acceptors (Lipinski definition) is 6. The summed E-state index contributed by atoms with van der Waals surface area (Å²) in [5, 5.41) is 8.14. The summed E-state index contributed by atoms with van der Waals surface area (Å²) in [7, 11) is 1.50. The minimum atomic E-state index is -0.334. The maximum atomic E-state index is 12.0. The van der Waals surface area contributed by atoms with Crippen LogP contribution in [0.2, 0.25) is 5.02 Å². The summed E-state index contributed by atoms with van der Waals surface area (Å²) in [6.45, 7) is 0.477. The molecule has 0 unspecified atom stereocenters. The Bertz CT molecular complexity index is 735. The van der Waals surface area contributed by atoms with Gasteiger partial charge in [0.2, 0.25) is 5.91 Å². The van der Waals surface area contributed by atoms with E-state index >= 15 is 0 Å². The van der Waals surface area contributed by atoms with E-state index in [1.54, 1.807) is 23.6 Å². The van der Waals surface area contributed by atoms with Crippen LogP contribution in [0.15, 0.2) is 23.6 Å². The molecular formula is C15H17ClN4O3S. The Labute approximate surface area is 148 Å². The number of rotatable bonds is 7. The van der Waals surface area contributed by atoms with Gasteiger partial charge in [0.05, 0.1) is 12.8 Å². The second kappa shape index (κ2) is 8.62. The molecule has 2 amide bonds. The summed E-state index contributed by atoms with van der Waals surface area (Å²) in [6.07, 6.45) is 0.106. The molecule has 0 aliphatic rings. The van der Waals surface area contributed by atoms with Crippen molar-refractivity contribution in [2.75, 3.05) is 19.0 Å². The second-order valence-corrected chi connectivity index (χ2v) is 6.11. The number of hydrogen-bond donors (Lipinski definition) is 3. The largest absolute Gasteiger partial charge is 0.495 e. The average molecular weight is 369 g/mol. The lowest BCUT2D eigenvalue weighted by atomic mass is 10.2. The van der Waals surface area contributed by atoms with Gasteiger partial charge in [-0.2, -0.15) is 0 Å². The topological polar surface area (TPSA) is 106 Å². The number of anilines is 1. The summed E-state index contributed by atoms with van der Waals surface area (Å²) in [5.41, 5.74) is 6.24. The van der Waals surface area contributed by atoms with Crippen LogP contribution in [0.5, 0.6) is 5.75 Å². The Balaban J connectivity index is 1.83. The summed E-state index contributed by atoms with van der Waals surface area (Å²) < 4.78 is 5.15. The monoisotopic (exact) mass is 368 g/mol. The van der Waals surface area contributed by atoms with E-state index in [1.807, 2.05) is 0 Å². The lowest BCUT2D eigenvalue weighted by Crippen LogP contribution is -2.28. The lowest BCUT2D eigenvalue weighted by Gasteiger charge is -2.10. The first-order valence-electron chi connectivity index (χ1n) is 7.09. The van der Waals surface area contributed by atoms with Gasteiger partial charge in [0, 0.05) is 29.9 Å². The van der Waals surface area contributed by atoms with Gasteiger partial charge in [-0.3, -0.25) is 9.59 Å². The van der Waals surface area contributed by atoms with Crippen LogP contribution in [0.4, 0.5) is 5.69 Å². The van der Waals surface area contributed by atoms with Gasteiger partial charge in [0.1, 0.15) is 16.5 Å². The highest BCUT2D eigenvalue weighted by molar-refractivity contribution is 7.09. The van der Waals surface area contributed by atoms with E-state index in [-0.39, 0.29) is 24.8 Å². The second-order valence-electron chi connectivity index (χ2n) is 4.73. The van der Waals surface area contributed by atoms with Crippen molar-refractivity contribution in [1.29, 1.82) is 0 Å². The van der Waals surface area contributed by atoms with Gasteiger partial charge in [-0.25, -0.2) is 4.98 Å². The van der Waals surface area contributed by atoms with E-state index in [0.29, 0.717) is 33.7 Å². The number of halogens is 1. The van der Waals surface area contributed by atoms with E-state index in [1.165, 1.54) is 18.4 Å². The number of carbonyl (C=O) groups excluding carboxylic acids is 2. The van der Waals surface area contributed by atoms with Crippen molar-refractivity contribution >= 4 is 40.4 Å². The van der Waals surface area contributed by atoms with Crippen LogP contribution < -0.4 is 21.1 Å². The number of aromatic nitrogens is 1. The molecule has 0 saturated carbocycles. The first-order chi connectivity index (χ1) is 11.5. The average Bonchev–Trinajstić information content (AvgIpc) is 3.04. The number of carbonyl (C=O) groups is 2. The maximum Gasteiger partial charge on any atom is 0.270 e. The normalized spacial score (nSPS) is 10.3. The Morgan fingerprint density at radius 2 is 2.21 bits per heavy atom. The SMILES string of the molecule is COc1ccc(Cl)cc1NC(=O)CCNC(=O)c1csc(CN)n1. The number of ether oxygens (including phenoxy) is 1. The van der Waals surface area contributed by atoms with E-state index in [4.69, 9.17) is 22.1 Å². The number of thiazole rings is 1. The molecule has 0 radical (unpaired) electrons. The fourth-order valence-corrected chi connectivity index (χ4v) is 2.71. The van der Waals surface area contributed by atoms with Crippen molar-refractivity contribution in [1.82, 2.24) is 10.3 Å². The third kappa shape index (κ3) is 4.92. The molecule has 4 N–H and O–H groups in total. The van der Waals surface area contributed by atoms with Gasteiger partial charge in [0.25, 0.3) is 5.91 Å².